The highest BCUT2D eigenvalue weighted by Crippen LogP contribution is 2.33. The molecule has 3 rings (SSSR count). The summed E-state index contributed by atoms with van der Waals surface area (Å²) in [6, 6.07) is 7.97. The predicted octanol–water partition coefficient (Wildman–Crippen LogP) is 0.879. The second-order valence-corrected chi connectivity index (χ2v) is 9.63. The molecule has 4 amide bonds. The van der Waals surface area contributed by atoms with Gasteiger partial charge in [-0.2, -0.15) is 0 Å². The van der Waals surface area contributed by atoms with Crippen LogP contribution in [0.3, 0.4) is 0 Å². The summed E-state index contributed by atoms with van der Waals surface area (Å²) in [5.41, 5.74) is -0.497. The third-order valence-corrected chi connectivity index (χ3v) is 7.26. The van der Waals surface area contributed by atoms with Crippen LogP contribution in [0.25, 0.3) is 0 Å². The van der Waals surface area contributed by atoms with Gasteiger partial charge in [0.2, 0.25) is 5.91 Å². The number of carbonyl (C=O) groups is 3. The number of likely N-dealkylation sites (N-methyl/N-ethyl adjacent to an activating group) is 1. The number of urea groups is 1. The van der Waals surface area contributed by atoms with E-state index in [9.17, 15) is 22.8 Å². The van der Waals surface area contributed by atoms with Crippen LogP contribution in [0.15, 0.2) is 30.3 Å². The van der Waals surface area contributed by atoms with E-state index < -0.39 is 45.8 Å². The molecule has 152 valence electrons. The van der Waals surface area contributed by atoms with Crippen molar-refractivity contribution < 1.29 is 22.8 Å². The number of hydrogen-bond acceptors (Lipinski definition) is 5. The first-order valence-electron chi connectivity index (χ1n) is 9.36. The standard InChI is InChI=1S/C19H25N3O5S/c1-3-10-19(14-7-5-4-6-8-14)17(24)22(18(25)20-19)12-16(23)21(2)15-9-11-28(26,27)13-15/h4-8,15H,3,9-13H2,1-2H3,(H,20,25)/t15-,19+/m0/s1. The number of benzene rings is 1. The molecule has 8 nitrogen and oxygen atoms in total. The maximum Gasteiger partial charge on any atom is 0.325 e. The molecule has 2 atom stereocenters. The fourth-order valence-electron chi connectivity index (χ4n) is 3.91. The molecule has 0 saturated carbocycles. The summed E-state index contributed by atoms with van der Waals surface area (Å²) in [5, 5.41) is 2.78. The van der Waals surface area contributed by atoms with Gasteiger partial charge in [-0.1, -0.05) is 43.7 Å². The van der Waals surface area contributed by atoms with Gasteiger partial charge in [0.05, 0.1) is 11.5 Å². The Morgan fingerprint density at radius 2 is 1.96 bits per heavy atom. The highest BCUT2D eigenvalue weighted by molar-refractivity contribution is 7.91. The summed E-state index contributed by atoms with van der Waals surface area (Å²) in [6.07, 6.45) is 1.46. The number of rotatable bonds is 6. The number of nitrogens with one attached hydrogen (secondary N) is 1. The van der Waals surface area contributed by atoms with E-state index in [1.165, 1.54) is 11.9 Å². The van der Waals surface area contributed by atoms with Gasteiger partial charge in [0, 0.05) is 13.1 Å². The van der Waals surface area contributed by atoms with Crippen LogP contribution < -0.4 is 5.32 Å². The van der Waals surface area contributed by atoms with E-state index in [4.69, 9.17) is 0 Å². The SMILES string of the molecule is CCC[C@]1(c2ccccc2)NC(=O)N(CC(=O)N(C)[C@H]2CCS(=O)(=O)C2)C1=O. The quantitative estimate of drug-likeness (QED) is 0.705. The van der Waals surface area contributed by atoms with Gasteiger partial charge >= 0.3 is 6.03 Å². The first-order chi connectivity index (χ1) is 13.2. The molecule has 1 aromatic carbocycles. The van der Waals surface area contributed by atoms with Crippen molar-refractivity contribution in [3.63, 3.8) is 0 Å². The molecule has 2 fully saturated rings. The van der Waals surface area contributed by atoms with E-state index in [-0.39, 0.29) is 11.5 Å². The van der Waals surface area contributed by atoms with Crippen LogP contribution in [0.4, 0.5) is 4.79 Å². The van der Waals surface area contributed by atoms with Gasteiger partial charge in [0.15, 0.2) is 9.84 Å². The lowest BCUT2D eigenvalue weighted by atomic mass is 9.85. The Balaban J connectivity index is 1.78. The molecule has 2 heterocycles. The van der Waals surface area contributed by atoms with Gasteiger partial charge in [-0.15, -0.1) is 0 Å². The zero-order valence-corrected chi connectivity index (χ0v) is 16.9. The Hall–Kier alpha value is -2.42. The molecule has 1 aromatic rings. The van der Waals surface area contributed by atoms with Crippen molar-refractivity contribution in [2.24, 2.45) is 0 Å². The van der Waals surface area contributed by atoms with Gasteiger partial charge in [-0.05, 0) is 18.4 Å². The molecule has 28 heavy (non-hydrogen) atoms. The lowest BCUT2D eigenvalue weighted by Gasteiger charge is -2.28. The van der Waals surface area contributed by atoms with E-state index in [1.807, 2.05) is 13.0 Å². The third-order valence-electron chi connectivity index (χ3n) is 5.51. The molecule has 1 N–H and O–H groups in total. The van der Waals surface area contributed by atoms with Crippen molar-refractivity contribution in [3.8, 4) is 0 Å². The summed E-state index contributed by atoms with van der Waals surface area (Å²) in [6.45, 7) is 1.52. The monoisotopic (exact) mass is 407 g/mol. The smallest absolute Gasteiger partial charge is 0.325 e. The molecular weight excluding hydrogens is 382 g/mol. The Morgan fingerprint density at radius 3 is 2.54 bits per heavy atom. The molecule has 9 heteroatoms. The minimum atomic E-state index is -3.14. The van der Waals surface area contributed by atoms with Crippen LogP contribution in [0, 0.1) is 0 Å². The lowest BCUT2D eigenvalue weighted by molar-refractivity contribution is -0.139. The van der Waals surface area contributed by atoms with Gasteiger partial charge in [0.1, 0.15) is 12.1 Å². The molecule has 0 bridgehead atoms. The fourth-order valence-corrected chi connectivity index (χ4v) is 5.68. The highest BCUT2D eigenvalue weighted by atomic mass is 32.2. The predicted molar refractivity (Wildman–Crippen MR) is 103 cm³/mol. The number of carbonyl (C=O) groups excluding carboxylic acids is 3. The summed E-state index contributed by atoms with van der Waals surface area (Å²) in [7, 11) is -1.62. The Kier molecular flexibility index (Phi) is 5.47. The van der Waals surface area contributed by atoms with E-state index in [0.29, 0.717) is 24.8 Å². The van der Waals surface area contributed by atoms with Crippen LogP contribution in [0.2, 0.25) is 0 Å². The Labute approximate surface area is 164 Å². The third kappa shape index (κ3) is 3.63. The average Bonchev–Trinajstić information content (AvgIpc) is 3.14. The minimum absolute atomic E-state index is 0.0477. The van der Waals surface area contributed by atoms with E-state index in [2.05, 4.69) is 5.32 Å². The molecule has 0 aromatic heterocycles. The molecule has 0 radical (unpaired) electrons. The number of hydrogen-bond donors (Lipinski definition) is 1. The van der Waals surface area contributed by atoms with Crippen molar-refractivity contribution in [1.29, 1.82) is 0 Å². The number of nitrogens with zero attached hydrogens (tertiary/aromatic N) is 2. The Bertz CT molecular complexity index is 886. The van der Waals surface area contributed by atoms with Crippen LogP contribution in [-0.4, -0.2) is 67.2 Å². The molecule has 0 unspecified atom stereocenters. The second kappa shape index (κ2) is 7.54. The first kappa shape index (κ1) is 20.3. The topological polar surface area (TPSA) is 104 Å². The molecule has 0 aliphatic carbocycles. The van der Waals surface area contributed by atoms with E-state index in [1.54, 1.807) is 24.3 Å². The Morgan fingerprint density at radius 1 is 1.29 bits per heavy atom. The zero-order chi connectivity index (χ0) is 20.5. The normalized spacial score (nSPS) is 26.4. The number of imide groups is 1. The molecule has 2 saturated heterocycles. The maximum absolute atomic E-state index is 13.2. The van der Waals surface area contributed by atoms with Crippen LogP contribution in [0.5, 0.6) is 0 Å². The molecule has 2 aliphatic heterocycles. The summed E-state index contributed by atoms with van der Waals surface area (Å²) >= 11 is 0. The van der Waals surface area contributed by atoms with Crippen molar-refractivity contribution in [1.82, 2.24) is 15.1 Å². The van der Waals surface area contributed by atoms with E-state index in [0.717, 1.165) is 4.90 Å². The lowest BCUT2D eigenvalue weighted by Crippen LogP contribution is -2.47. The molecular formula is C19H25N3O5S. The van der Waals surface area contributed by atoms with Crippen LogP contribution in [0.1, 0.15) is 31.7 Å². The number of sulfone groups is 1. The fraction of sp³-hybridized carbons (Fsp3) is 0.526. The van der Waals surface area contributed by atoms with Crippen molar-refractivity contribution in [2.45, 2.75) is 37.8 Å². The molecule has 0 spiro atoms. The van der Waals surface area contributed by atoms with E-state index >= 15 is 0 Å². The van der Waals surface area contributed by atoms with Gasteiger partial charge in [0.25, 0.3) is 5.91 Å². The summed E-state index contributed by atoms with van der Waals surface area (Å²) < 4.78 is 23.3. The molecule has 2 aliphatic rings. The van der Waals surface area contributed by atoms with Gasteiger partial charge in [-0.25, -0.2) is 13.2 Å². The summed E-state index contributed by atoms with van der Waals surface area (Å²) in [5.74, 6) is -0.942. The number of amides is 4. The summed E-state index contributed by atoms with van der Waals surface area (Å²) in [4.78, 5) is 40.7. The zero-order valence-electron chi connectivity index (χ0n) is 16.1. The maximum atomic E-state index is 13.2. The van der Waals surface area contributed by atoms with Crippen LogP contribution in [-0.2, 0) is 25.0 Å². The highest BCUT2D eigenvalue weighted by Gasteiger charge is 2.52. The minimum Gasteiger partial charge on any atom is -0.340 e. The van der Waals surface area contributed by atoms with Crippen molar-refractivity contribution >= 4 is 27.7 Å². The van der Waals surface area contributed by atoms with Crippen molar-refractivity contribution in [2.75, 3.05) is 25.1 Å². The van der Waals surface area contributed by atoms with Gasteiger partial charge in [-0.3, -0.25) is 14.5 Å². The van der Waals surface area contributed by atoms with Crippen molar-refractivity contribution in [3.05, 3.63) is 35.9 Å². The van der Waals surface area contributed by atoms with Crippen LogP contribution >= 0.6 is 0 Å². The van der Waals surface area contributed by atoms with Gasteiger partial charge < -0.3 is 10.2 Å². The first-order valence-corrected chi connectivity index (χ1v) is 11.2. The average molecular weight is 407 g/mol. The largest absolute Gasteiger partial charge is 0.340 e. The second-order valence-electron chi connectivity index (χ2n) is 7.40.